The maximum Gasteiger partial charge on any atom is 0.164 e. The monoisotopic (exact) mass is 747 g/mol. The topological polar surface area (TPSA) is 65.0 Å². The summed E-state index contributed by atoms with van der Waals surface area (Å²) in [5.74, 6) is 1.71. The highest BCUT2D eigenvalue weighted by Gasteiger charge is 2.18. The third-order valence-electron chi connectivity index (χ3n) is 11.0. The third-order valence-corrected chi connectivity index (χ3v) is 12.1. The van der Waals surface area contributed by atoms with Crippen LogP contribution in [0.1, 0.15) is 0 Å². The van der Waals surface area contributed by atoms with Gasteiger partial charge in [-0.25, -0.2) is 15.0 Å². The van der Waals surface area contributed by atoms with Crippen molar-refractivity contribution in [3.05, 3.63) is 176 Å². The molecule has 0 spiro atoms. The Morgan fingerprint density at radius 2 is 0.860 bits per heavy atom. The minimum Gasteiger partial charge on any atom is -0.456 e. The number of aromatic nitrogens is 3. The molecule has 0 atom stereocenters. The van der Waals surface area contributed by atoms with Gasteiger partial charge in [-0.15, -0.1) is 11.3 Å². The van der Waals surface area contributed by atoms with Gasteiger partial charge in [0.15, 0.2) is 17.5 Å². The van der Waals surface area contributed by atoms with Gasteiger partial charge in [0, 0.05) is 64.0 Å². The molecule has 5 nitrogen and oxygen atoms in total. The third kappa shape index (κ3) is 5.19. The van der Waals surface area contributed by atoms with Crippen molar-refractivity contribution in [2.45, 2.75) is 0 Å². The normalized spacial score (nSPS) is 11.9. The number of rotatable bonds is 5. The number of furan rings is 2. The van der Waals surface area contributed by atoms with Crippen molar-refractivity contribution < 1.29 is 8.83 Å². The van der Waals surface area contributed by atoms with E-state index < -0.39 is 0 Å². The summed E-state index contributed by atoms with van der Waals surface area (Å²) in [4.78, 5) is 15.3. The molecule has 4 aromatic heterocycles. The molecule has 8 aromatic carbocycles. The molecule has 0 radical (unpaired) electrons. The van der Waals surface area contributed by atoms with Gasteiger partial charge in [-0.2, -0.15) is 0 Å². The molecule has 266 valence electrons. The zero-order valence-electron chi connectivity index (χ0n) is 30.3. The highest BCUT2D eigenvalue weighted by atomic mass is 32.1. The lowest BCUT2D eigenvalue weighted by atomic mass is 9.98. The van der Waals surface area contributed by atoms with Crippen LogP contribution < -0.4 is 0 Å². The lowest BCUT2D eigenvalue weighted by Crippen LogP contribution is -2.00. The fraction of sp³-hybridized carbons (Fsp3) is 0. The smallest absolute Gasteiger partial charge is 0.164 e. The molecular weight excluding hydrogens is 719 g/mol. The van der Waals surface area contributed by atoms with Crippen LogP contribution in [0.4, 0.5) is 0 Å². The zero-order chi connectivity index (χ0) is 37.5. The molecule has 0 bridgehead atoms. The molecule has 0 aliphatic rings. The van der Waals surface area contributed by atoms with Crippen LogP contribution in [-0.2, 0) is 0 Å². The Balaban J connectivity index is 1.01. The zero-order valence-corrected chi connectivity index (χ0v) is 31.1. The second-order valence-corrected chi connectivity index (χ2v) is 15.4. The van der Waals surface area contributed by atoms with Crippen molar-refractivity contribution in [3.8, 4) is 56.4 Å². The summed E-state index contributed by atoms with van der Waals surface area (Å²) in [6.45, 7) is 0. The van der Waals surface area contributed by atoms with Crippen LogP contribution in [-0.4, -0.2) is 15.0 Å². The van der Waals surface area contributed by atoms with Crippen LogP contribution in [0.2, 0.25) is 0 Å². The molecule has 12 aromatic rings. The van der Waals surface area contributed by atoms with Crippen LogP contribution in [0.5, 0.6) is 0 Å². The van der Waals surface area contributed by atoms with E-state index >= 15 is 0 Å². The minimum atomic E-state index is 0.559. The summed E-state index contributed by atoms with van der Waals surface area (Å²) in [5, 5.41) is 6.81. The molecule has 12 rings (SSSR count). The Bertz CT molecular complexity index is 3530. The van der Waals surface area contributed by atoms with Crippen molar-refractivity contribution in [1.82, 2.24) is 15.0 Å². The highest BCUT2D eigenvalue weighted by molar-refractivity contribution is 7.25. The van der Waals surface area contributed by atoms with E-state index in [9.17, 15) is 0 Å². The fourth-order valence-electron chi connectivity index (χ4n) is 8.22. The summed E-state index contributed by atoms with van der Waals surface area (Å²) < 4.78 is 15.5. The molecular formula is C51H29N3O2S. The van der Waals surface area contributed by atoms with Gasteiger partial charge in [0.1, 0.15) is 22.3 Å². The van der Waals surface area contributed by atoms with Gasteiger partial charge in [0.2, 0.25) is 0 Å². The molecule has 6 heteroatoms. The maximum atomic E-state index is 6.63. The molecule has 0 amide bonds. The van der Waals surface area contributed by atoms with Gasteiger partial charge in [0.05, 0.1) is 0 Å². The van der Waals surface area contributed by atoms with E-state index in [0.717, 1.165) is 77.3 Å². The van der Waals surface area contributed by atoms with Crippen molar-refractivity contribution in [3.63, 3.8) is 0 Å². The van der Waals surface area contributed by atoms with Crippen molar-refractivity contribution in [2.24, 2.45) is 0 Å². The molecule has 0 unspecified atom stereocenters. The van der Waals surface area contributed by atoms with Crippen molar-refractivity contribution in [1.29, 1.82) is 0 Å². The average Bonchev–Trinajstić information content (AvgIpc) is 3.97. The summed E-state index contributed by atoms with van der Waals surface area (Å²) in [5.41, 5.74) is 10.4. The van der Waals surface area contributed by atoms with E-state index in [0.29, 0.717) is 17.5 Å². The SMILES string of the molecule is c1ccc(-c2cccc3c2oc2cc(-c4nc(-c5ccc(-c6cccc7sc8ccccc8c67)cc5)nc(-c5ccc6c(c5)oc5ccccc56)n4)ccc23)cc1. The largest absolute Gasteiger partial charge is 0.456 e. The molecule has 0 aliphatic carbocycles. The Labute approximate surface area is 330 Å². The quantitative estimate of drug-likeness (QED) is 0.175. The molecule has 0 aliphatic heterocycles. The Morgan fingerprint density at radius 3 is 1.65 bits per heavy atom. The number of hydrogen-bond donors (Lipinski definition) is 0. The van der Waals surface area contributed by atoms with Crippen LogP contribution >= 0.6 is 11.3 Å². The van der Waals surface area contributed by atoms with Crippen molar-refractivity contribution in [2.75, 3.05) is 0 Å². The first-order valence-corrected chi connectivity index (χ1v) is 19.7. The van der Waals surface area contributed by atoms with Crippen LogP contribution in [0, 0.1) is 0 Å². The highest BCUT2D eigenvalue weighted by Crippen LogP contribution is 2.41. The predicted octanol–water partition coefficient (Wildman–Crippen LogP) is 14.4. The molecule has 0 saturated heterocycles. The second-order valence-electron chi connectivity index (χ2n) is 14.3. The van der Waals surface area contributed by atoms with E-state index in [1.165, 1.54) is 25.7 Å². The second kappa shape index (κ2) is 12.6. The first-order chi connectivity index (χ1) is 28.2. The number of nitrogens with zero attached hydrogens (tertiary/aromatic N) is 3. The molecule has 57 heavy (non-hydrogen) atoms. The summed E-state index contributed by atoms with van der Waals surface area (Å²) in [7, 11) is 0. The number of hydrogen-bond acceptors (Lipinski definition) is 6. The predicted molar refractivity (Wildman–Crippen MR) is 234 cm³/mol. The maximum absolute atomic E-state index is 6.63. The summed E-state index contributed by atoms with van der Waals surface area (Å²) >= 11 is 1.83. The standard InChI is InChI=1S/C51H29N3O2S/c1-2-10-30(11-3-1)36-15-8-16-40-39-27-25-34(29-44(39)56-48(36)40)51-53-49(52-50(54-51)33-24-26-38-37-12-4-6-17-42(37)55-43(38)28-33)32-22-20-31(21-23-32)35-14-9-19-46-47(35)41-13-5-7-18-45(41)57-46/h1-29H. The van der Waals surface area contributed by atoms with E-state index in [1.54, 1.807) is 0 Å². The van der Waals surface area contributed by atoms with Crippen LogP contribution in [0.15, 0.2) is 185 Å². The number of thiophene rings is 1. The lowest BCUT2D eigenvalue weighted by molar-refractivity contribution is 0.669. The molecule has 0 saturated carbocycles. The van der Waals surface area contributed by atoms with Crippen molar-refractivity contribution >= 4 is 75.4 Å². The number of benzene rings is 8. The van der Waals surface area contributed by atoms with Gasteiger partial charge in [-0.3, -0.25) is 0 Å². The summed E-state index contributed by atoms with van der Waals surface area (Å²) in [6.07, 6.45) is 0. The van der Waals surface area contributed by atoms with Gasteiger partial charge >= 0.3 is 0 Å². The number of fused-ring (bicyclic) bond motifs is 9. The van der Waals surface area contributed by atoms with E-state index in [-0.39, 0.29) is 0 Å². The molecule has 0 N–H and O–H groups in total. The lowest BCUT2D eigenvalue weighted by Gasteiger charge is -2.10. The molecule has 0 fully saturated rings. The first-order valence-electron chi connectivity index (χ1n) is 18.9. The Morgan fingerprint density at radius 1 is 0.333 bits per heavy atom. The Kier molecular flexibility index (Phi) is 7.03. The first kappa shape index (κ1) is 31.9. The minimum absolute atomic E-state index is 0.559. The van der Waals surface area contributed by atoms with E-state index in [4.69, 9.17) is 23.8 Å². The summed E-state index contributed by atoms with van der Waals surface area (Å²) in [6, 6.07) is 61.0. The van der Waals surface area contributed by atoms with E-state index in [1.807, 2.05) is 47.7 Å². The fourth-order valence-corrected chi connectivity index (χ4v) is 9.36. The Hall–Kier alpha value is -7.41. The van der Waals surface area contributed by atoms with Gasteiger partial charge in [-0.05, 0) is 59.2 Å². The average molecular weight is 748 g/mol. The van der Waals surface area contributed by atoms with E-state index in [2.05, 4.69) is 140 Å². The van der Waals surface area contributed by atoms with Gasteiger partial charge < -0.3 is 8.83 Å². The molecule has 4 heterocycles. The van der Waals surface area contributed by atoms with Gasteiger partial charge in [-0.1, -0.05) is 133 Å². The van der Waals surface area contributed by atoms with Gasteiger partial charge in [0.25, 0.3) is 0 Å². The number of para-hydroxylation sites is 2. The van der Waals surface area contributed by atoms with Crippen LogP contribution in [0.25, 0.3) is 120 Å². The van der Waals surface area contributed by atoms with Crippen LogP contribution in [0.3, 0.4) is 0 Å².